The lowest BCUT2D eigenvalue weighted by atomic mass is 10.1. The van der Waals surface area contributed by atoms with E-state index in [-0.39, 0.29) is 24.1 Å². The third kappa shape index (κ3) is 2.78. The van der Waals surface area contributed by atoms with E-state index in [9.17, 15) is 35.9 Å². The second-order valence-corrected chi connectivity index (χ2v) is 5.89. The molecule has 0 radical (unpaired) electrons. The maximum absolute atomic E-state index is 13.3. The summed E-state index contributed by atoms with van der Waals surface area (Å²) in [6.07, 6.45) is -9.12. The van der Waals surface area contributed by atoms with Crippen molar-refractivity contribution in [3.8, 4) is 0 Å². The Hall–Kier alpha value is -3.38. The van der Waals surface area contributed by atoms with E-state index in [0.717, 1.165) is 27.6 Å². The number of halogens is 6. The summed E-state index contributed by atoms with van der Waals surface area (Å²) in [5.41, 5.74) is -3.90. The number of fused-ring (bicyclic) bond motifs is 3. The molecule has 0 aliphatic carbocycles. The van der Waals surface area contributed by atoms with Crippen LogP contribution >= 0.6 is 0 Å². The van der Waals surface area contributed by atoms with Crippen molar-refractivity contribution in [2.45, 2.75) is 12.4 Å². The average molecular weight is 403 g/mol. The van der Waals surface area contributed by atoms with Crippen LogP contribution in [0.3, 0.4) is 0 Å². The van der Waals surface area contributed by atoms with E-state index in [1.807, 2.05) is 5.32 Å². The number of imide groups is 1. The number of nitrogens with zero attached hydrogens (tertiary/aromatic N) is 4. The van der Waals surface area contributed by atoms with Crippen LogP contribution in [0.1, 0.15) is 11.3 Å². The first-order valence-corrected chi connectivity index (χ1v) is 7.54. The molecule has 3 amide bonds. The number of anilines is 1. The molecule has 1 aliphatic rings. The van der Waals surface area contributed by atoms with Gasteiger partial charge in [-0.2, -0.15) is 26.3 Å². The predicted molar refractivity (Wildman–Crippen MR) is 81.4 cm³/mol. The molecule has 3 aromatic rings. The highest BCUT2D eigenvalue weighted by Gasteiger charge is 2.40. The summed E-state index contributed by atoms with van der Waals surface area (Å²) >= 11 is 0. The van der Waals surface area contributed by atoms with Crippen LogP contribution in [0.2, 0.25) is 0 Å². The van der Waals surface area contributed by atoms with Gasteiger partial charge in [0, 0.05) is 5.39 Å². The number of pyridine rings is 2. The number of hydrogen-bond donors (Lipinski definition) is 1. The molecular formula is C15H7F6N5O2. The minimum atomic E-state index is -5.11. The van der Waals surface area contributed by atoms with Gasteiger partial charge in [-0.05, 0) is 18.2 Å². The standard InChI is InChI=1S/C15H7F6N5O2/c16-14(17,18)7-3-8(15(19,20)21)22-12-6(7)1-2-9-23-10(4-25(9)12)26-5-11(27)24-13(26)28/h1-4H,5H2,(H,24,27,28). The maximum atomic E-state index is 13.3. The van der Waals surface area contributed by atoms with Gasteiger partial charge in [0.15, 0.2) is 5.82 Å². The Morgan fingerprint density at radius 2 is 1.71 bits per heavy atom. The van der Waals surface area contributed by atoms with Gasteiger partial charge in [0.25, 0.3) is 0 Å². The summed E-state index contributed by atoms with van der Waals surface area (Å²) in [4.78, 5) is 31.3. The molecule has 146 valence electrons. The van der Waals surface area contributed by atoms with Crippen LogP contribution in [-0.2, 0) is 17.1 Å². The molecule has 1 fully saturated rings. The quantitative estimate of drug-likeness (QED) is 0.501. The van der Waals surface area contributed by atoms with Crippen molar-refractivity contribution < 1.29 is 35.9 Å². The highest BCUT2D eigenvalue weighted by molar-refractivity contribution is 6.11. The van der Waals surface area contributed by atoms with E-state index in [0.29, 0.717) is 0 Å². The predicted octanol–water partition coefficient (Wildman–Crippen LogP) is 2.98. The molecule has 13 heteroatoms. The van der Waals surface area contributed by atoms with Crippen LogP contribution in [0.5, 0.6) is 0 Å². The summed E-state index contributed by atoms with van der Waals surface area (Å²) in [5.74, 6) is -0.743. The molecule has 28 heavy (non-hydrogen) atoms. The first kappa shape index (κ1) is 18.0. The van der Waals surface area contributed by atoms with E-state index < -0.39 is 46.6 Å². The van der Waals surface area contributed by atoms with Crippen LogP contribution in [0.25, 0.3) is 16.7 Å². The van der Waals surface area contributed by atoms with Crippen molar-refractivity contribution in [3.05, 3.63) is 35.7 Å². The van der Waals surface area contributed by atoms with Crippen molar-refractivity contribution >= 4 is 34.4 Å². The lowest BCUT2D eigenvalue weighted by Gasteiger charge is -2.14. The highest BCUT2D eigenvalue weighted by Crippen LogP contribution is 2.38. The number of alkyl halides is 6. The fraction of sp³-hybridized carbons (Fsp3) is 0.200. The number of amides is 3. The molecule has 1 aliphatic heterocycles. The summed E-state index contributed by atoms with van der Waals surface area (Å²) in [6.45, 7) is -0.379. The first-order valence-electron chi connectivity index (χ1n) is 7.54. The van der Waals surface area contributed by atoms with Gasteiger partial charge in [0.05, 0.1) is 11.8 Å². The van der Waals surface area contributed by atoms with Gasteiger partial charge in [-0.25, -0.2) is 14.8 Å². The van der Waals surface area contributed by atoms with Crippen LogP contribution in [0.4, 0.5) is 37.0 Å². The zero-order chi connectivity index (χ0) is 20.4. The topological polar surface area (TPSA) is 79.6 Å². The molecule has 4 heterocycles. The number of rotatable bonds is 1. The number of carbonyl (C=O) groups excluding carboxylic acids is 2. The van der Waals surface area contributed by atoms with Gasteiger partial charge in [0.1, 0.15) is 23.5 Å². The Morgan fingerprint density at radius 1 is 1.00 bits per heavy atom. The molecule has 0 spiro atoms. The summed E-state index contributed by atoms with van der Waals surface area (Å²) in [5, 5.41) is 1.42. The van der Waals surface area contributed by atoms with Crippen LogP contribution in [0.15, 0.2) is 24.4 Å². The van der Waals surface area contributed by atoms with E-state index in [2.05, 4.69) is 9.97 Å². The molecule has 4 rings (SSSR count). The van der Waals surface area contributed by atoms with E-state index in [1.54, 1.807) is 0 Å². The zero-order valence-corrected chi connectivity index (χ0v) is 13.4. The minimum absolute atomic E-state index is 0.0467. The smallest absolute Gasteiger partial charge is 0.282 e. The van der Waals surface area contributed by atoms with Gasteiger partial charge in [-0.15, -0.1) is 0 Å². The van der Waals surface area contributed by atoms with Gasteiger partial charge in [-0.1, -0.05) is 0 Å². The first-order chi connectivity index (χ1) is 12.9. The van der Waals surface area contributed by atoms with Crippen molar-refractivity contribution in [1.29, 1.82) is 0 Å². The second-order valence-electron chi connectivity index (χ2n) is 5.89. The molecular weight excluding hydrogens is 396 g/mol. The second kappa shape index (κ2) is 5.56. The monoisotopic (exact) mass is 403 g/mol. The maximum Gasteiger partial charge on any atom is 0.433 e. The lowest BCUT2D eigenvalue weighted by Crippen LogP contribution is -2.28. The normalized spacial score (nSPS) is 15.7. The molecule has 0 bridgehead atoms. The number of hydrogen-bond acceptors (Lipinski definition) is 4. The van der Waals surface area contributed by atoms with E-state index >= 15 is 0 Å². The number of urea groups is 1. The Balaban J connectivity index is 2.01. The molecule has 7 nitrogen and oxygen atoms in total. The van der Waals surface area contributed by atoms with Crippen molar-refractivity contribution in [3.63, 3.8) is 0 Å². The molecule has 1 saturated heterocycles. The summed E-state index contributed by atoms with van der Waals surface area (Å²) < 4.78 is 80.1. The van der Waals surface area contributed by atoms with Crippen molar-refractivity contribution in [2.24, 2.45) is 0 Å². The van der Waals surface area contributed by atoms with Crippen molar-refractivity contribution in [2.75, 3.05) is 11.4 Å². The van der Waals surface area contributed by atoms with Gasteiger partial charge in [-0.3, -0.25) is 19.4 Å². The van der Waals surface area contributed by atoms with Gasteiger partial charge < -0.3 is 0 Å². The SMILES string of the molecule is O=C1CN(c2cn3c(ccc4c(C(F)(F)F)cc(C(F)(F)F)nc43)n2)C(=O)N1. The number of aromatic nitrogens is 3. The number of imidazole rings is 1. The average Bonchev–Trinajstić information content (AvgIpc) is 3.14. The molecule has 0 aromatic carbocycles. The third-order valence-electron chi connectivity index (χ3n) is 4.05. The van der Waals surface area contributed by atoms with Crippen LogP contribution in [0, 0.1) is 0 Å². The Kier molecular flexibility index (Phi) is 3.58. The fourth-order valence-corrected chi connectivity index (χ4v) is 2.85. The third-order valence-corrected chi connectivity index (χ3v) is 4.05. The Labute approximate surface area is 150 Å². The number of carbonyl (C=O) groups is 2. The fourth-order valence-electron chi connectivity index (χ4n) is 2.85. The summed E-state index contributed by atoms with van der Waals surface area (Å²) in [6, 6.07) is 1.23. The van der Waals surface area contributed by atoms with E-state index in [1.165, 1.54) is 0 Å². The van der Waals surface area contributed by atoms with Crippen LogP contribution < -0.4 is 10.2 Å². The molecule has 0 saturated carbocycles. The summed E-state index contributed by atoms with van der Waals surface area (Å²) in [7, 11) is 0. The molecule has 0 atom stereocenters. The van der Waals surface area contributed by atoms with Gasteiger partial charge in [0.2, 0.25) is 5.91 Å². The Morgan fingerprint density at radius 3 is 2.29 bits per heavy atom. The van der Waals surface area contributed by atoms with Crippen LogP contribution in [-0.4, -0.2) is 32.9 Å². The highest BCUT2D eigenvalue weighted by atomic mass is 19.4. The van der Waals surface area contributed by atoms with Crippen molar-refractivity contribution in [1.82, 2.24) is 19.7 Å². The molecule has 1 N–H and O–H groups in total. The minimum Gasteiger partial charge on any atom is -0.282 e. The Bertz CT molecular complexity index is 1150. The largest absolute Gasteiger partial charge is 0.433 e. The van der Waals surface area contributed by atoms with Gasteiger partial charge >= 0.3 is 18.4 Å². The lowest BCUT2D eigenvalue weighted by molar-refractivity contribution is -0.144. The molecule has 3 aromatic heterocycles. The number of nitrogens with one attached hydrogen (secondary N) is 1. The zero-order valence-electron chi connectivity index (χ0n) is 13.4. The molecule has 0 unspecified atom stereocenters. The van der Waals surface area contributed by atoms with E-state index in [4.69, 9.17) is 0 Å².